The summed E-state index contributed by atoms with van der Waals surface area (Å²) in [5.74, 6) is 0.556. The van der Waals surface area contributed by atoms with Crippen molar-refractivity contribution < 1.29 is 5.11 Å². The van der Waals surface area contributed by atoms with Crippen LogP contribution in [0.3, 0.4) is 0 Å². The lowest BCUT2D eigenvalue weighted by Crippen LogP contribution is -2.34. The Bertz CT molecular complexity index is 643. The number of rotatable bonds is 3. The van der Waals surface area contributed by atoms with Gasteiger partial charge in [-0.3, -0.25) is 0 Å². The van der Waals surface area contributed by atoms with Gasteiger partial charge in [0, 0.05) is 11.7 Å². The Balaban J connectivity index is 1.62. The Kier molecular flexibility index (Phi) is 4.01. The Labute approximate surface area is 134 Å². The van der Waals surface area contributed by atoms with E-state index in [9.17, 15) is 5.11 Å². The lowest BCUT2D eigenvalue weighted by Gasteiger charge is -2.37. The number of benzene rings is 2. The van der Waals surface area contributed by atoms with Crippen molar-refractivity contribution in [3.05, 3.63) is 57.6 Å². The van der Waals surface area contributed by atoms with Gasteiger partial charge >= 0.3 is 0 Å². The predicted molar refractivity (Wildman–Crippen MR) is 88.7 cm³/mol. The number of hydrogen-bond donors (Lipinski definition) is 2. The van der Waals surface area contributed by atoms with Crippen molar-refractivity contribution in [2.45, 2.75) is 31.7 Å². The highest BCUT2D eigenvalue weighted by Gasteiger charge is 2.30. The van der Waals surface area contributed by atoms with Gasteiger partial charge in [0.25, 0.3) is 0 Å². The van der Waals surface area contributed by atoms with E-state index in [1.54, 1.807) is 12.1 Å². The average Bonchev–Trinajstić information content (AvgIpc) is 2.39. The number of anilines is 1. The maximum Gasteiger partial charge on any atom is 0.152 e. The molecule has 4 heteroatoms. The van der Waals surface area contributed by atoms with Crippen molar-refractivity contribution in [1.29, 1.82) is 0 Å². The van der Waals surface area contributed by atoms with Gasteiger partial charge in [0.1, 0.15) is 0 Å². The van der Waals surface area contributed by atoms with E-state index >= 15 is 0 Å². The fraction of sp³-hybridized carbons (Fsp3) is 0.294. The smallest absolute Gasteiger partial charge is 0.152 e. The first kappa shape index (κ1) is 14.6. The molecular formula is C17H17Cl2NO. The normalized spacial score (nSPS) is 20.9. The molecule has 2 aromatic carbocycles. The summed E-state index contributed by atoms with van der Waals surface area (Å²) in [6.07, 6.45) is 2.19. The second-order valence-corrected chi connectivity index (χ2v) is 6.53. The minimum absolute atomic E-state index is 0.0601. The highest BCUT2D eigenvalue weighted by Crippen LogP contribution is 2.40. The van der Waals surface area contributed by atoms with Crippen LogP contribution < -0.4 is 5.32 Å². The molecule has 2 N–H and O–H groups in total. The third-order valence-corrected chi connectivity index (χ3v) is 4.62. The van der Waals surface area contributed by atoms with Crippen LogP contribution in [0.15, 0.2) is 36.4 Å². The van der Waals surface area contributed by atoms with Crippen LogP contribution in [0.25, 0.3) is 0 Å². The molecule has 0 spiro atoms. The maximum absolute atomic E-state index is 9.56. The maximum atomic E-state index is 9.56. The van der Waals surface area contributed by atoms with Gasteiger partial charge in [-0.1, -0.05) is 53.0 Å². The molecule has 21 heavy (non-hydrogen) atoms. The van der Waals surface area contributed by atoms with E-state index in [1.807, 2.05) is 0 Å². The van der Waals surface area contributed by atoms with E-state index in [0.29, 0.717) is 12.0 Å². The van der Waals surface area contributed by atoms with Crippen LogP contribution in [-0.4, -0.2) is 11.1 Å². The van der Waals surface area contributed by atoms with Crippen LogP contribution in [-0.2, 0) is 0 Å². The highest BCUT2D eigenvalue weighted by atomic mass is 35.5. The second-order valence-electron chi connectivity index (χ2n) is 5.71. The molecule has 0 aliphatic heterocycles. The molecular weight excluding hydrogens is 305 g/mol. The first-order valence-corrected chi connectivity index (χ1v) is 7.79. The molecule has 0 amide bonds. The van der Waals surface area contributed by atoms with Gasteiger partial charge in [-0.25, -0.2) is 0 Å². The number of aromatic hydroxyl groups is 1. The van der Waals surface area contributed by atoms with Crippen molar-refractivity contribution >= 4 is 28.9 Å². The highest BCUT2D eigenvalue weighted by molar-refractivity contribution is 6.37. The summed E-state index contributed by atoms with van der Waals surface area (Å²) in [4.78, 5) is 0. The molecule has 0 unspecified atom stereocenters. The number of phenolic OH excluding ortho intramolecular Hbond substituents is 1. The van der Waals surface area contributed by atoms with Gasteiger partial charge in [0.2, 0.25) is 0 Å². The van der Waals surface area contributed by atoms with Gasteiger partial charge in [-0.05, 0) is 43.4 Å². The van der Waals surface area contributed by atoms with Crippen LogP contribution in [0.1, 0.15) is 29.9 Å². The van der Waals surface area contributed by atoms with E-state index in [0.717, 1.165) is 18.5 Å². The van der Waals surface area contributed by atoms with Gasteiger partial charge in [-0.2, -0.15) is 0 Å². The zero-order chi connectivity index (χ0) is 15.0. The molecule has 2 nitrogen and oxygen atoms in total. The monoisotopic (exact) mass is 321 g/mol. The molecule has 110 valence electrons. The summed E-state index contributed by atoms with van der Waals surface area (Å²) in [6, 6.07) is 12.5. The molecule has 1 aliphatic rings. The third kappa shape index (κ3) is 3.12. The summed E-state index contributed by atoms with van der Waals surface area (Å²) >= 11 is 11.9. The number of hydrogen-bond acceptors (Lipinski definition) is 2. The SMILES string of the molecule is Cc1cccc(C2CC(Nc3cc(Cl)c(O)c(Cl)c3)C2)c1. The van der Waals surface area contributed by atoms with Crippen LogP contribution >= 0.6 is 23.2 Å². The van der Waals surface area contributed by atoms with E-state index in [4.69, 9.17) is 23.2 Å². The van der Waals surface area contributed by atoms with Crippen LogP contribution in [0.5, 0.6) is 5.75 Å². The summed E-state index contributed by atoms with van der Waals surface area (Å²) in [5, 5.41) is 13.5. The molecule has 1 saturated carbocycles. The van der Waals surface area contributed by atoms with Gasteiger partial charge in [-0.15, -0.1) is 0 Å². The largest absolute Gasteiger partial charge is 0.505 e. The van der Waals surface area contributed by atoms with Crippen molar-refractivity contribution in [3.63, 3.8) is 0 Å². The van der Waals surface area contributed by atoms with Crippen LogP contribution in [0.4, 0.5) is 5.69 Å². The minimum Gasteiger partial charge on any atom is -0.505 e. The molecule has 3 rings (SSSR count). The lowest BCUT2D eigenvalue weighted by molar-refractivity contribution is 0.374. The first-order chi connectivity index (χ1) is 10.0. The Hall–Kier alpha value is -1.38. The summed E-state index contributed by atoms with van der Waals surface area (Å²) in [7, 11) is 0. The Morgan fingerprint density at radius 1 is 1.10 bits per heavy atom. The molecule has 2 aromatic rings. The molecule has 0 radical (unpaired) electrons. The predicted octanol–water partition coefficient (Wildman–Crippen LogP) is 5.37. The van der Waals surface area contributed by atoms with Crippen molar-refractivity contribution in [1.82, 2.24) is 0 Å². The number of aryl methyl sites for hydroxylation is 1. The van der Waals surface area contributed by atoms with Crippen LogP contribution in [0.2, 0.25) is 10.0 Å². The second kappa shape index (κ2) is 5.78. The van der Waals surface area contributed by atoms with Gasteiger partial charge in [0.05, 0.1) is 10.0 Å². The van der Waals surface area contributed by atoms with Gasteiger partial charge in [0.15, 0.2) is 5.75 Å². The van der Waals surface area contributed by atoms with Gasteiger partial charge < -0.3 is 10.4 Å². The number of phenols is 1. The molecule has 0 aromatic heterocycles. The fourth-order valence-electron chi connectivity index (χ4n) is 2.82. The number of halogens is 2. The standard InChI is InChI=1S/C17H17Cl2NO/c1-10-3-2-4-11(5-10)12-6-13(7-12)20-14-8-15(18)17(21)16(19)9-14/h2-5,8-9,12-13,20-21H,6-7H2,1H3. The van der Waals surface area contributed by atoms with E-state index < -0.39 is 0 Å². The first-order valence-electron chi connectivity index (χ1n) is 7.04. The third-order valence-electron chi connectivity index (χ3n) is 4.04. The summed E-state index contributed by atoms with van der Waals surface area (Å²) < 4.78 is 0. The van der Waals surface area contributed by atoms with E-state index in [2.05, 4.69) is 36.5 Å². The Morgan fingerprint density at radius 3 is 2.38 bits per heavy atom. The zero-order valence-electron chi connectivity index (χ0n) is 11.7. The quantitative estimate of drug-likeness (QED) is 0.745. The number of nitrogens with one attached hydrogen (secondary N) is 1. The summed E-state index contributed by atoms with van der Waals surface area (Å²) in [5.41, 5.74) is 3.58. The fourth-order valence-corrected chi connectivity index (χ4v) is 3.30. The van der Waals surface area contributed by atoms with Crippen molar-refractivity contribution in [2.75, 3.05) is 5.32 Å². The molecule has 1 fully saturated rings. The van der Waals surface area contributed by atoms with E-state index in [1.165, 1.54) is 11.1 Å². The van der Waals surface area contributed by atoms with Crippen molar-refractivity contribution in [3.8, 4) is 5.75 Å². The molecule has 0 bridgehead atoms. The van der Waals surface area contributed by atoms with E-state index in [-0.39, 0.29) is 15.8 Å². The molecule has 0 saturated heterocycles. The molecule has 0 atom stereocenters. The topological polar surface area (TPSA) is 32.3 Å². The zero-order valence-corrected chi connectivity index (χ0v) is 13.2. The molecule has 1 aliphatic carbocycles. The lowest BCUT2D eigenvalue weighted by atomic mass is 9.75. The Morgan fingerprint density at radius 2 is 1.76 bits per heavy atom. The van der Waals surface area contributed by atoms with Crippen molar-refractivity contribution in [2.24, 2.45) is 0 Å². The summed E-state index contributed by atoms with van der Waals surface area (Å²) in [6.45, 7) is 2.12. The van der Waals surface area contributed by atoms with Crippen LogP contribution in [0, 0.1) is 6.92 Å². The molecule has 0 heterocycles. The average molecular weight is 322 g/mol. The minimum atomic E-state index is -0.0601.